The summed E-state index contributed by atoms with van der Waals surface area (Å²) < 4.78 is 20.6. The fourth-order valence-corrected chi connectivity index (χ4v) is 5.05. The number of hydrogen-bond acceptors (Lipinski definition) is 3. The van der Waals surface area contributed by atoms with Crippen LogP contribution in [-0.4, -0.2) is 10.1 Å². The first-order chi connectivity index (χ1) is 16.0. The maximum atomic E-state index is 13.6. The van der Waals surface area contributed by atoms with Gasteiger partial charge in [-0.3, -0.25) is 4.98 Å². The maximum absolute atomic E-state index is 13.6. The molecule has 0 bridgehead atoms. The van der Waals surface area contributed by atoms with Gasteiger partial charge >= 0.3 is 0 Å². The third-order valence-corrected chi connectivity index (χ3v) is 6.81. The first-order valence-electron chi connectivity index (χ1n) is 10.7. The van der Waals surface area contributed by atoms with E-state index in [-0.39, 0.29) is 17.9 Å². The Bertz CT molecular complexity index is 1290. The van der Waals surface area contributed by atoms with Crippen LogP contribution in [0, 0.1) is 5.82 Å². The number of hydrogen-bond donors (Lipinski definition) is 1. The Morgan fingerprint density at radius 2 is 1.91 bits per heavy atom. The molecule has 1 N–H and O–H groups in total. The highest BCUT2D eigenvalue weighted by molar-refractivity contribution is 9.10. The van der Waals surface area contributed by atoms with Crippen LogP contribution in [0.2, 0.25) is 0 Å². The molecule has 0 spiro atoms. The molecule has 0 unspecified atom stereocenters. The Morgan fingerprint density at radius 3 is 2.61 bits per heavy atom. The molecule has 1 aliphatic rings. The number of pyridine rings is 1. The number of furan rings is 1. The van der Waals surface area contributed by atoms with E-state index in [2.05, 4.69) is 62.3 Å². The summed E-state index contributed by atoms with van der Waals surface area (Å²) in [6, 6.07) is 22.2. The number of benzene rings is 2. The third-order valence-electron chi connectivity index (χ3n) is 5.84. The molecule has 0 saturated carbocycles. The van der Waals surface area contributed by atoms with E-state index < -0.39 is 0 Å². The molecule has 166 valence electrons. The average molecular weight is 522 g/mol. The normalized spacial score (nSPS) is 17.9. The molecule has 1 fully saturated rings. The smallest absolute Gasteiger partial charge is 0.174 e. The molecule has 5 rings (SSSR count). The molecule has 1 saturated heterocycles. The number of anilines is 1. The molecule has 4 nitrogen and oxygen atoms in total. The van der Waals surface area contributed by atoms with Crippen molar-refractivity contribution in [3.63, 3.8) is 0 Å². The van der Waals surface area contributed by atoms with Crippen LogP contribution in [0.1, 0.15) is 36.0 Å². The fourth-order valence-electron chi connectivity index (χ4n) is 4.16. The van der Waals surface area contributed by atoms with Gasteiger partial charge < -0.3 is 14.6 Å². The van der Waals surface area contributed by atoms with Gasteiger partial charge in [0.1, 0.15) is 23.4 Å². The van der Waals surface area contributed by atoms with Crippen LogP contribution >= 0.6 is 28.1 Å². The summed E-state index contributed by atoms with van der Waals surface area (Å²) in [6.45, 7) is 2.13. The molecule has 0 aliphatic carbocycles. The second-order valence-corrected chi connectivity index (χ2v) is 9.08. The van der Waals surface area contributed by atoms with E-state index in [1.165, 1.54) is 17.7 Å². The van der Waals surface area contributed by atoms with Crippen molar-refractivity contribution in [2.75, 3.05) is 4.90 Å². The van der Waals surface area contributed by atoms with Crippen LogP contribution in [0.5, 0.6) is 0 Å². The summed E-state index contributed by atoms with van der Waals surface area (Å²) in [7, 11) is 0. The zero-order chi connectivity index (χ0) is 22.9. The second kappa shape index (κ2) is 9.08. The van der Waals surface area contributed by atoms with Gasteiger partial charge in [0.05, 0.1) is 11.7 Å². The van der Waals surface area contributed by atoms with E-state index >= 15 is 0 Å². The van der Waals surface area contributed by atoms with Crippen LogP contribution in [0.4, 0.5) is 10.1 Å². The maximum Gasteiger partial charge on any atom is 0.174 e. The van der Waals surface area contributed by atoms with Crippen molar-refractivity contribution in [2.45, 2.75) is 25.4 Å². The van der Waals surface area contributed by atoms with Crippen molar-refractivity contribution in [1.29, 1.82) is 0 Å². The summed E-state index contributed by atoms with van der Waals surface area (Å²) >= 11 is 9.21. The van der Waals surface area contributed by atoms with E-state index in [0.717, 1.165) is 29.1 Å². The molecule has 2 aromatic heterocycles. The van der Waals surface area contributed by atoms with E-state index in [0.29, 0.717) is 15.3 Å². The lowest BCUT2D eigenvalue weighted by Gasteiger charge is -2.26. The SMILES string of the molecule is CCc1ccc(N2C(=S)N[C@H](c3ccccn3)[C@H]2c2ccc(-c3ccc(F)cc3Br)o2)cc1. The summed E-state index contributed by atoms with van der Waals surface area (Å²) in [5, 5.41) is 4.05. The number of aromatic nitrogens is 1. The predicted octanol–water partition coefficient (Wildman–Crippen LogP) is 6.98. The Kier molecular flexibility index (Phi) is 6.00. The lowest BCUT2D eigenvalue weighted by Crippen LogP contribution is -2.29. The molecule has 2 aromatic carbocycles. The molecule has 1 aliphatic heterocycles. The van der Waals surface area contributed by atoms with Crippen LogP contribution in [0.15, 0.2) is 87.9 Å². The minimum atomic E-state index is -0.306. The van der Waals surface area contributed by atoms with Crippen LogP contribution in [0.25, 0.3) is 11.3 Å². The first kappa shape index (κ1) is 21.8. The monoisotopic (exact) mass is 521 g/mol. The zero-order valence-electron chi connectivity index (χ0n) is 17.8. The van der Waals surface area contributed by atoms with Crippen molar-refractivity contribution < 1.29 is 8.81 Å². The van der Waals surface area contributed by atoms with Gasteiger partial charge in [-0.15, -0.1) is 0 Å². The van der Waals surface area contributed by atoms with Gasteiger partial charge in [0, 0.05) is 21.9 Å². The van der Waals surface area contributed by atoms with E-state index in [1.807, 2.05) is 30.3 Å². The number of nitrogens with zero attached hydrogens (tertiary/aromatic N) is 2. The summed E-state index contributed by atoms with van der Waals surface area (Å²) in [4.78, 5) is 6.66. The fraction of sp³-hybridized carbons (Fsp3) is 0.154. The van der Waals surface area contributed by atoms with Crippen molar-refractivity contribution in [3.05, 3.63) is 106 Å². The number of halogens is 2. The average Bonchev–Trinajstić information content (AvgIpc) is 3.44. The lowest BCUT2D eigenvalue weighted by molar-refractivity contribution is 0.439. The Labute approximate surface area is 205 Å². The molecule has 2 atom stereocenters. The van der Waals surface area contributed by atoms with Gasteiger partial charge in [-0.05, 0) is 94.7 Å². The number of rotatable bonds is 5. The van der Waals surface area contributed by atoms with Gasteiger partial charge in [0.25, 0.3) is 0 Å². The van der Waals surface area contributed by atoms with E-state index in [1.54, 1.807) is 12.3 Å². The lowest BCUT2D eigenvalue weighted by atomic mass is 10.0. The van der Waals surface area contributed by atoms with E-state index in [9.17, 15) is 4.39 Å². The predicted molar refractivity (Wildman–Crippen MR) is 136 cm³/mol. The standard InChI is InChI=1S/C26H21BrFN3OS/c1-2-16-6-9-18(10-7-16)31-25(24(30-26(31)33)21-5-3-4-14-29-21)23-13-12-22(32-23)19-11-8-17(28)15-20(19)27/h3-15,24-25H,2H2,1H3,(H,30,33)/t24-,25-/m1/s1. The largest absolute Gasteiger partial charge is 0.459 e. The minimum absolute atomic E-state index is 0.194. The van der Waals surface area contributed by atoms with E-state index in [4.69, 9.17) is 16.6 Å². The van der Waals surface area contributed by atoms with Crippen molar-refractivity contribution in [3.8, 4) is 11.3 Å². The summed E-state index contributed by atoms with van der Waals surface area (Å²) in [5.41, 5.74) is 3.90. The Hall–Kier alpha value is -3.03. The minimum Gasteiger partial charge on any atom is -0.459 e. The third kappa shape index (κ3) is 4.18. The highest BCUT2D eigenvalue weighted by Crippen LogP contribution is 2.43. The van der Waals surface area contributed by atoms with Gasteiger partial charge in [-0.25, -0.2) is 4.39 Å². The second-order valence-electron chi connectivity index (χ2n) is 7.84. The molecule has 7 heteroatoms. The van der Waals surface area contributed by atoms with Crippen molar-refractivity contribution >= 4 is 38.9 Å². The molecule has 4 aromatic rings. The van der Waals surface area contributed by atoms with Gasteiger partial charge in [-0.2, -0.15) is 0 Å². The molecule has 33 heavy (non-hydrogen) atoms. The number of nitrogens with one attached hydrogen (secondary N) is 1. The van der Waals surface area contributed by atoms with Gasteiger partial charge in [0.15, 0.2) is 5.11 Å². The number of thiocarbonyl (C=S) groups is 1. The van der Waals surface area contributed by atoms with Gasteiger partial charge in [-0.1, -0.05) is 25.1 Å². The van der Waals surface area contributed by atoms with Crippen LogP contribution in [-0.2, 0) is 6.42 Å². The molecule has 3 heterocycles. The zero-order valence-corrected chi connectivity index (χ0v) is 20.2. The Balaban J connectivity index is 1.59. The van der Waals surface area contributed by atoms with Crippen molar-refractivity contribution in [1.82, 2.24) is 10.3 Å². The first-order valence-corrected chi connectivity index (χ1v) is 11.9. The molecular weight excluding hydrogens is 501 g/mol. The topological polar surface area (TPSA) is 41.3 Å². The molecule has 0 radical (unpaired) electrons. The molecule has 0 amide bonds. The Morgan fingerprint density at radius 1 is 1.09 bits per heavy atom. The van der Waals surface area contributed by atoms with Crippen LogP contribution < -0.4 is 10.2 Å². The highest BCUT2D eigenvalue weighted by Gasteiger charge is 2.42. The molecular formula is C26H21BrFN3OS. The quantitative estimate of drug-likeness (QED) is 0.287. The van der Waals surface area contributed by atoms with Crippen molar-refractivity contribution in [2.24, 2.45) is 0 Å². The van der Waals surface area contributed by atoms with Gasteiger partial charge in [0.2, 0.25) is 0 Å². The highest BCUT2D eigenvalue weighted by atomic mass is 79.9. The summed E-state index contributed by atoms with van der Waals surface area (Å²) in [5.74, 6) is 1.08. The van der Waals surface area contributed by atoms with Crippen LogP contribution in [0.3, 0.4) is 0 Å². The summed E-state index contributed by atoms with van der Waals surface area (Å²) in [6.07, 6.45) is 2.75. The number of aryl methyl sites for hydroxylation is 1.